The lowest BCUT2D eigenvalue weighted by Crippen LogP contribution is -2.27. The molecule has 1 saturated heterocycles. The Hall–Kier alpha value is -2.20. The Kier molecular flexibility index (Phi) is 41.3. The standard InChI is InChI=1S/C26H50O4.C22H42N2O4/c1-3-5-7-9-12-16-20-25(21-17-13-10-8-6-4-2)30-26(28)22-18-14-11-15-19-23-29-24-27;1-4-5-6-7-11-18-27-21(25)12-9-8-10-15-24-17-13-20(19-24)28-22(26)14-16-23(2)3/h24-25H,3-23H2,1-2H3;20H,4-19H2,1-3H3. The van der Waals surface area contributed by atoms with Crippen molar-refractivity contribution in [2.45, 2.75) is 232 Å². The second-order valence-corrected chi connectivity index (χ2v) is 16.9. The van der Waals surface area contributed by atoms with Crippen LogP contribution in [0.2, 0.25) is 0 Å². The lowest BCUT2D eigenvalue weighted by Gasteiger charge is -2.18. The molecule has 1 aliphatic heterocycles. The molecule has 0 N–H and O–H groups in total. The molecule has 1 unspecified atom stereocenters. The highest BCUT2D eigenvalue weighted by Gasteiger charge is 2.25. The van der Waals surface area contributed by atoms with E-state index in [9.17, 15) is 19.2 Å². The average molecular weight is 825 g/mol. The van der Waals surface area contributed by atoms with E-state index < -0.39 is 0 Å². The van der Waals surface area contributed by atoms with E-state index in [2.05, 4.69) is 30.4 Å². The number of likely N-dealkylation sites (tertiary alicyclic amines) is 1. The van der Waals surface area contributed by atoms with Crippen molar-refractivity contribution in [3.63, 3.8) is 0 Å². The minimum Gasteiger partial charge on any atom is -0.468 e. The maximum Gasteiger partial charge on any atom is 0.307 e. The Labute approximate surface area is 357 Å². The van der Waals surface area contributed by atoms with Crippen LogP contribution in [-0.2, 0) is 38.1 Å². The number of esters is 3. The average Bonchev–Trinajstić information content (AvgIpc) is 3.65. The van der Waals surface area contributed by atoms with Crippen LogP contribution in [0.15, 0.2) is 0 Å². The van der Waals surface area contributed by atoms with Crippen molar-refractivity contribution >= 4 is 24.4 Å². The number of nitrogens with zero attached hydrogens (tertiary/aromatic N) is 2. The van der Waals surface area contributed by atoms with Gasteiger partial charge in [0.05, 0.1) is 19.6 Å². The Morgan fingerprint density at radius 3 is 1.67 bits per heavy atom. The van der Waals surface area contributed by atoms with Crippen LogP contribution in [0.25, 0.3) is 0 Å². The van der Waals surface area contributed by atoms with Crippen molar-refractivity contribution < 1.29 is 38.1 Å². The molecule has 342 valence electrons. The van der Waals surface area contributed by atoms with Crippen molar-refractivity contribution in [1.29, 1.82) is 0 Å². The highest BCUT2D eigenvalue weighted by Crippen LogP contribution is 2.19. The van der Waals surface area contributed by atoms with Gasteiger partial charge in [0.15, 0.2) is 0 Å². The quantitative estimate of drug-likeness (QED) is 0.0256. The van der Waals surface area contributed by atoms with Gasteiger partial charge in [0.2, 0.25) is 0 Å². The highest BCUT2D eigenvalue weighted by molar-refractivity contribution is 5.70. The minimum atomic E-state index is -0.0931. The van der Waals surface area contributed by atoms with E-state index >= 15 is 0 Å². The van der Waals surface area contributed by atoms with Gasteiger partial charge >= 0.3 is 17.9 Å². The van der Waals surface area contributed by atoms with Gasteiger partial charge in [-0.25, -0.2) is 0 Å². The van der Waals surface area contributed by atoms with Gasteiger partial charge in [0.1, 0.15) is 12.2 Å². The van der Waals surface area contributed by atoms with Gasteiger partial charge in [-0.15, -0.1) is 0 Å². The van der Waals surface area contributed by atoms with Gasteiger partial charge in [-0.1, -0.05) is 136 Å². The van der Waals surface area contributed by atoms with E-state index in [0.717, 1.165) is 110 Å². The van der Waals surface area contributed by atoms with E-state index in [-0.39, 0.29) is 30.1 Å². The van der Waals surface area contributed by atoms with Crippen molar-refractivity contribution in [3.8, 4) is 0 Å². The van der Waals surface area contributed by atoms with Crippen LogP contribution < -0.4 is 0 Å². The molecule has 0 aliphatic carbocycles. The lowest BCUT2D eigenvalue weighted by molar-refractivity contribution is -0.150. The number of ether oxygens (including phenoxy) is 4. The van der Waals surface area contributed by atoms with Crippen LogP contribution in [0.1, 0.15) is 220 Å². The fraction of sp³-hybridized carbons (Fsp3) is 0.917. The van der Waals surface area contributed by atoms with Crippen LogP contribution >= 0.6 is 0 Å². The van der Waals surface area contributed by atoms with Crippen molar-refractivity contribution in [2.24, 2.45) is 0 Å². The summed E-state index contributed by atoms with van der Waals surface area (Å²) in [5, 5.41) is 0. The van der Waals surface area contributed by atoms with Gasteiger partial charge in [-0.05, 0) is 84.8 Å². The second kappa shape index (κ2) is 42.9. The summed E-state index contributed by atoms with van der Waals surface area (Å²) in [7, 11) is 3.91. The Bertz CT molecular complexity index is 933. The molecule has 1 heterocycles. The van der Waals surface area contributed by atoms with Gasteiger partial charge in [-0.3, -0.25) is 24.1 Å². The minimum absolute atomic E-state index is 0.0127. The first kappa shape index (κ1) is 55.8. The maximum absolute atomic E-state index is 12.3. The summed E-state index contributed by atoms with van der Waals surface area (Å²) in [6.45, 7) is 11.9. The number of hydrogen-bond acceptors (Lipinski definition) is 10. The van der Waals surface area contributed by atoms with Crippen molar-refractivity contribution in [1.82, 2.24) is 9.80 Å². The molecule has 10 heteroatoms. The topological polar surface area (TPSA) is 112 Å². The van der Waals surface area contributed by atoms with Gasteiger partial charge in [0.25, 0.3) is 6.47 Å². The SMILES string of the molecule is CCCCCCCCC(CCCCCCCC)OC(=O)CCCCCCCOC=O.CCCCCCCOC(=O)CCCCCN1CCC(OC(=O)CCN(C)C)C1. The van der Waals surface area contributed by atoms with E-state index in [0.29, 0.717) is 38.9 Å². The molecule has 0 radical (unpaired) electrons. The van der Waals surface area contributed by atoms with Crippen molar-refractivity contribution in [3.05, 3.63) is 0 Å². The van der Waals surface area contributed by atoms with Crippen LogP contribution in [0, 0.1) is 0 Å². The summed E-state index contributed by atoms with van der Waals surface area (Å²) in [6, 6.07) is 0. The lowest BCUT2D eigenvalue weighted by atomic mass is 10.0. The summed E-state index contributed by atoms with van der Waals surface area (Å²) < 4.78 is 21.4. The fourth-order valence-corrected chi connectivity index (χ4v) is 7.25. The fourth-order valence-electron chi connectivity index (χ4n) is 7.25. The second-order valence-electron chi connectivity index (χ2n) is 16.9. The maximum atomic E-state index is 12.3. The molecule has 0 aromatic heterocycles. The highest BCUT2D eigenvalue weighted by atomic mass is 16.5. The molecule has 1 atom stereocenters. The Morgan fingerprint density at radius 1 is 0.603 bits per heavy atom. The Balaban J connectivity index is 0.00000112. The molecular weight excluding hydrogens is 733 g/mol. The largest absolute Gasteiger partial charge is 0.468 e. The predicted octanol–water partition coefficient (Wildman–Crippen LogP) is 11.5. The first-order valence-electron chi connectivity index (χ1n) is 24.2. The molecule has 58 heavy (non-hydrogen) atoms. The van der Waals surface area contributed by atoms with Gasteiger partial charge in [0, 0.05) is 32.5 Å². The van der Waals surface area contributed by atoms with E-state index in [4.69, 9.17) is 14.2 Å². The molecule has 0 spiro atoms. The third-order valence-electron chi connectivity index (χ3n) is 10.9. The number of unbranched alkanes of at least 4 members (excludes halogenated alkanes) is 20. The smallest absolute Gasteiger partial charge is 0.307 e. The first-order chi connectivity index (χ1) is 28.2. The summed E-state index contributed by atoms with van der Waals surface area (Å²) in [5.74, 6) is -0.160. The molecule has 1 aliphatic rings. The molecular formula is C48H92N2O8. The third-order valence-corrected chi connectivity index (χ3v) is 10.9. The third kappa shape index (κ3) is 39.3. The molecule has 0 aromatic carbocycles. The van der Waals surface area contributed by atoms with Gasteiger partial charge in [-0.2, -0.15) is 0 Å². The zero-order valence-corrected chi connectivity index (χ0v) is 38.6. The summed E-state index contributed by atoms with van der Waals surface area (Å²) >= 11 is 0. The number of carbonyl (C=O) groups is 4. The zero-order chi connectivity index (χ0) is 42.7. The summed E-state index contributed by atoms with van der Waals surface area (Å²) in [5.41, 5.74) is 0. The first-order valence-corrected chi connectivity index (χ1v) is 24.2. The van der Waals surface area contributed by atoms with Crippen molar-refractivity contribution in [2.75, 3.05) is 53.5 Å². The Morgan fingerprint density at radius 2 is 1.10 bits per heavy atom. The van der Waals surface area contributed by atoms with E-state index in [1.54, 1.807) is 0 Å². The van der Waals surface area contributed by atoms with E-state index in [1.165, 1.54) is 96.3 Å². The number of rotatable bonds is 40. The van der Waals surface area contributed by atoms with Crippen LogP contribution in [0.5, 0.6) is 0 Å². The molecule has 10 nitrogen and oxygen atoms in total. The monoisotopic (exact) mass is 825 g/mol. The zero-order valence-electron chi connectivity index (χ0n) is 38.6. The molecule has 0 saturated carbocycles. The normalized spacial score (nSPS) is 14.0. The summed E-state index contributed by atoms with van der Waals surface area (Å²) in [6.07, 6.45) is 33.9. The molecule has 0 bridgehead atoms. The molecule has 0 aromatic rings. The number of carbonyl (C=O) groups excluding carboxylic acids is 4. The molecule has 0 amide bonds. The summed E-state index contributed by atoms with van der Waals surface area (Å²) in [4.78, 5) is 50.2. The van der Waals surface area contributed by atoms with Crippen LogP contribution in [0.4, 0.5) is 0 Å². The van der Waals surface area contributed by atoms with E-state index in [1.807, 2.05) is 19.0 Å². The molecule has 1 rings (SSSR count). The van der Waals surface area contributed by atoms with Gasteiger partial charge < -0.3 is 23.8 Å². The number of hydrogen-bond donors (Lipinski definition) is 0. The molecule has 1 fully saturated rings. The predicted molar refractivity (Wildman–Crippen MR) is 238 cm³/mol. The van der Waals surface area contributed by atoms with Crippen LogP contribution in [-0.4, -0.2) is 99.9 Å². The van der Waals surface area contributed by atoms with Crippen LogP contribution in [0.3, 0.4) is 0 Å².